The monoisotopic (exact) mass is 176 g/mol. The van der Waals surface area contributed by atoms with Gasteiger partial charge in [0.2, 0.25) is 0 Å². The Kier molecular flexibility index (Phi) is 3.57. The van der Waals surface area contributed by atoms with Crippen LogP contribution in [0.5, 0.6) is 0 Å². The Morgan fingerprint density at radius 1 is 1.31 bits per heavy atom. The normalized spacial score (nSPS) is 9.92. The van der Waals surface area contributed by atoms with Crippen molar-refractivity contribution < 1.29 is 0 Å². The van der Waals surface area contributed by atoms with Crippen molar-refractivity contribution in [2.75, 3.05) is 0 Å². The number of rotatable bonds is 4. The Balaban J connectivity index is 2.93. The molecule has 0 N–H and O–H groups in total. The van der Waals surface area contributed by atoms with E-state index in [-0.39, 0.29) is 0 Å². The second-order valence-corrected chi connectivity index (χ2v) is 3.22. The molecule has 0 saturated heterocycles. The Hall–Kier alpha value is -1.23. The van der Waals surface area contributed by atoms with Crippen LogP contribution in [0.2, 0.25) is 0 Å². The summed E-state index contributed by atoms with van der Waals surface area (Å²) >= 11 is 0. The van der Waals surface area contributed by atoms with E-state index in [9.17, 15) is 0 Å². The first-order chi connectivity index (χ1) is 6.33. The van der Waals surface area contributed by atoms with E-state index in [1.54, 1.807) is 0 Å². The summed E-state index contributed by atoms with van der Waals surface area (Å²) in [6.45, 7) is 5.26. The summed E-state index contributed by atoms with van der Waals surface area (Å²) < 4.78 is 2.13. The molecule has 1 heterocycles. The number of nitrogens with zero attached hydrogens (tertiary/aromatic N) is 2. The zero-order valence-electron chi connectivity index (χ0n) is 8.38. The second-order valence-electron chi connectivity index (χ2n) is 3.22. The molecule has 0 aromatic carbocycles. The minimum atomic E-state index is 0.797. The number of nitriles is 1. The molecule has 0 amide bonds. The fraction of sp³-hybridized carbons (Fsp3) is 0.545. The molecular formula is C11H16N2. The Bertz CT molecular complexity index is 304. The van der Waals surface area contributed by atoms with Crippen LogP contribution < -0.4 is 0 Å². The third-order valence-electron chi connectivity index (χ3n) is 2.14. The summed E-state index contributed by atoms with van der Waals surface area (Å²) in [5.41, 5.74) is 2.09. The molecule has 0 aliphatic carbocycles. The van der Waals surface area contributed by atoms with Gasteiger partial charge in [-0.25, -0.2) is 0 Å². The zero-order valence-corrected chi connectivity index (χ0v) is 8.38. The third-order valence-corrected chi connectivity index (χ3v) is 2.14. The van der Waals surface area contributed by atoms with Crippen molar-refractivity contribution in [3.63, 3.8) is 0 Å². The van der Waals surface area contributed by atoms with Gasteiger partial charge in [-0.05, 0) is 25.0 Å². The standard InChI is InChI=1S/C11H16N2/c1-3-5-10-6-7-11(9-12)13(10)8-4-2/h6-7H,3-5,8H2,1-2H3. The topological polar surface area (TPSA) is 28.7 Å². The van der Waals surface area contributed by atoms with E-state index in [1.165, 1.54) is 5.69 Å². The Morgan fingerprint density at radius 2 is 2.08 bits per heavy atom. The van der Waals surface area contributed by atoms with Crippen LogP contribution in [0.1, 0.15) is 38.1 Å². The molecule has 1 aromatic rings. The predicted molar refractivity (Wildman–Crippen MR) is 53.4 cm³/mol. The van der Waals surface area contributed by atoms with E-state index in [2.05, 4.69) is 30.6 Å². The van der Waals surface area contributed by atoms with E-state index in [4.69, 9.17) is 5.26 Å². The Labute approximate surface area is 79.8 Å². The maximum Gasteiger partial charge on any atom is 0.120 e. The van der Waals surface area contributed by atoms with E-state index in [0.717, 1.165) is 31.5 Å². The number of aryl methyl sites for hydroxylation is 1. The van der Waals surface area contributed by atoms with Crippen molar-refractivity contribution in [2.45, 2.75) is 39.7 Å². The fourth-order valence-electron chi connectivity index (χ4n) is 1.57. The highest BCUT2D eigenvalue weighted by Crippen LogP contribution is 2.11. The molecule has 0 fully saturated rings. The lowest BCUT2D eigenvalue weighted by Crippen LogP contribution is -2.04. The molecular weight excluding hydrogens is 160 g/mol. The molecule has 1 aromatic heterocycles. The minimum absolute atomic E-state index is 0.797. The van der Waals surface area contributed by atoms with Gasteiger partial charge in [0.15, 0.2) is 0 Å². The highest BCUT2D eigenvalue weighted by Gasteiger charge is 2.05. The van der Waals surface area contributed by atoms with Crippen molar-refractivity contribution in [1.82, 2.24) is 4.57 Å². The van der Waals surface area contributed by atoms with Crippen molar-refractivity contribution >= 4 is 0 Å². The molecule has 0 bridgehead atoms. The first-order valence-corrected chi connectivity index (χ1v) is 4.92. The van der Waals surface area contributed by atoms with Crippen LogP contribution in [-0.4, -0.2) is 4.57 Å². The average Bonchev–Trinajstić information content (AvgIpc) is 2.50. The summed E-state index contributed by atoms with van der Waals surface area (Å²) in [6, 6.07) is 6.21. The highest BCUT2D eigenvalue weighted by molar-refractivity contribution is 5.27. The molecule has 0 atom stereocenters. The van der Waals surface area contributed by atoms with Crippen molar-refractivity contribution in [3.8, 4) is 6.07 Å². The molecule has 0 spiro atoms. The third kappa shape index (κ3) is 2.12. The van der Waals surface area contributed by atoms with Crippen molar-refractivity contribution in [1.29, 1.82) is 5.26 Å². The SMILES string of the molecule is CCCc1ccc(C#N)n1CCC. The smallest absolute Gasteiger partial charge is 0.120 e. The molecule has 13 heavy (non-hydrogen) atoms. The van der Waals surface area contributed by atoms with Gasteiger partial charge in [0.05, 0.1) is 0 Å². The van der Waals surface area contributed by atoms with Crippen LogP contribution in [0.4, 0.5) is 0 Å². The number of hydrogen-bond acceptors (Lipinski definition) is 1. The zero-order chi connectivity index (χ0) is 9.68. The van der Waals surface area contributed by atoms with Crippen LogP contribution >= 0.6 is 0 Å². The summed E-state index contributed by atoms with van der Waals surface area (Å²) in [5, 5.41) is 8.86. The lowest BCUT2D eigenvalue weighted by Gasteiger charge is -2.07. The molecule has 0 radical (unpaired) electrons. The van der Waals surface area contributed by atoms with Gasteiger partial charge < -0.3 is 4.57 Å². The van der Waals surface area contributed by atoms with Crippen LogP contribution in [0.25, 0.3) is 0 Å². The molecule has 1 rings (SSSR count). The van der Waals surface area contributed by atoms with Crippen molar-refractivity contribution in [2.24, 2.45) is 0 Å². The van der Waals surface area contributed by atoms with E-state index >= 15 is 0 Å². The Morgan fingerprint density at radius 3 is 2.62 bits per heavy atom. The van der Waals surface area contributed by atoms with Crippen LogP contribution in [0.3, 0.4) is 0 Å². The van der Waals surface area contributed by atoms with Crippen LogP contribution in [-0.2, 0) is 13.0 Å². The molecule has 0 saturated carbocycles. The van der Waals surface area contributed by atoms with E-state index in [0.29, 0.717) is 0 Å². The maximum atomic E-state index is 8.86. The summed E-state index contributed by atoms with van der Waals surface area (Å²) in [7, 11) is 0. The van der Waals surface area contributed by atoms with E-state index < -0.39 is 0 Å². The molecule has 0 unspecified atom stereocenters. The van der Waals surface area contributed by atoms with Gasteiger partial charge in [0.25, 0.3) is 0 Å². The van der Waals surface area contributed by atoms with Crippen LogP contribution in [0.15, 0.2) is 12.1 Å². The molecule has 2 heteroatoms. The van der Waals surface area contributed by atoms with E-state index in [1.807, 2.05) is 6.07 Å². The van der Waals surface area contributed by atoms with Gasteiger partial charge in [-0.1, -0.05) is 20.3 Å². The maximum absolute atomic E-state index is 8.86. The summed E-state index contributed by atoms with van der Waals surface area (Å²) in [5.74, 6) is 0. The largest absolute Gasteiger partial charge is 0.337 e. The summed E-state index contributed by atoms with van der Waals surface area (Å²) in [6.07, 6.45) is 3.29. The second kappa shape index (κ2) is 4.71. The highest BCUT2D eigenvalue weighted by atomic mass is 15.0. The predicted octanol–water partition coefficient (Wildman–Crippen LogP) is 2.72. The first-order valence-electron chi connectivity index (χ1n) is 4.92. The molecule has 2 nitrogen and oxygen atoms in total. The van der Waals surface area contributed by atoms with Gasteiger partial charge in [-0.3, -0.25) is 0 Å². The fourth-order valence-corrected chi connectivity index (χ4v) is 1.57. The summed E-state index contributed by atoms with van der Waals surface area (Å²) in [4.78, 5) is 0. The molecule has 0 aliphatic heterocycles. The number of hydrogen-bond donors (Lipinski definition) is 0. The van der Waals surface area contributed by atoms with Gasteiger partial charge >= 0.3 is 0 Å². The molecule has 70 valence electrons. The quantitative estimate of drug-likeness (QED) is 0.693. The number of aromatic nitrogens is 1. The molecule has 0 aliphatic rings. The van der Waals surface area contributed by atoms with Gasteiger partial charge in [-0.15, -0.1) is 0 Å². The lowest BCUT2D eigenvalue weighted by molar-refractivity contribution is 0.636. The first kappa shape index (κ1) is 9.85. The van der Waals surface area contributed by atoms with Gasteiger partial charge in [0.1, 0.15) is 11.8 Å². The average molecular weight is 176 g/mol. The minimum Gasteiger partial charge on any atom is -0.337 e. The lowest BCUT2D eigenvalue weighted by atomic mass is 10.2. The van der Waals surface area contributed by atoms with Gasteiger partial charge in [0, 0.05) is 12.2 Å². The van der Waals surface area contributed by atoms with Crippen LogP contribution in [0, 0.1) is 11.3 Å². The van der Waals surface area contributed by atoms with Gasteiger partial charge in [-0.2, -0.15) is 5.26 Å². The van der Waals surface area contributed by atoms with Crippen molar-refractivity contribution in [3.05, 3.63) is 23.5 Å².